The van der Waals surface area contributed by atoms with Crippen LogP contribution in [0.1, 0.15) is 52.4 Å². The molecule has 0 aromatic rings. The van der Waals surface area contributed by atoms with Gasteiger partial charge >= 0.3 is 0 Å². The van der Waals surface area contributed by atoms with Gasteiger partial charge in [-0.25, -0.2) is 0 Å². The fraction of sp³-hybridized carbons (Fsp3) is 0.875. The van der Waals surface area contributed by atoms with Crippen LogP contribution in [0.5, 0.6) is 0 Å². The summed E-state index contributed by atoms with van der Waals surface area (Å²) in [4.78, 5) is 0. The average Bonchev–Trinajstić information content (AvgIpc) is 2.26. The van der Waals surface area contributed by atoms with Crippen molar-refractivity contribution in [2.75, 3.05) is 0 Å². The molecule has 2 saturated heterocycles. The summed E-state index contributed by atoms with van der Waals surface area (Å²) in [5.74, 6) is 2.93. The molecule has 0 N–H and O–H groups in total. The van der Waals surface area contributed by atoms with Crippen molar-refractivity contribution in [2.45, 2.75) is 89.5 Å². The molecule has 2 aliphatic heterocycles. The van der Waals surface area contributed by atoms with E-state index in [1.54, 1.807) is 5.20 Å². The van der Waals surface area contributed by atoms with Gasteiger partial charge in [-0.2, -0.15) is 0 Å². The molecule has 0 amide bonds. The molecule has 2 heteroatoms. The van der Waals surface area contributed by atoms with Gasteiger partial charge in [0.05, 0.1) is 8.07 Å². The van der Waals surface area contributed by atoms with E-state index in [4.69, 9.17) is 0 Å². The van der Waals surface area contributed by atoms with E-state index in [0.717, 1.165) is 24.2 Å². The minimum absolute atomic E-state index is 0.826. The summed E-state index contributed by atoms with van der Waals surface area (Å²) in [7, 11) is -1.06. The lowest BCUT2D eigenvalue weighted by atomic mass is 9.22. The maximum Gasteiger partial charge on any atom is 0.153 e. The van der Waals surface area contributed by atoms with E-state index in [-0.39, 0.29) is 0 Å². The van der Waals surface area contributed by atoms with Crippen LogP contribution >= 0.6 is 0 Å². The van der Waals surface area contributed by atoms with E-state index >= 15 is 0 Å². The van der Waals surface area contributed by atoms with Gasteiger partial charge in [0.15, 0.2) is 6.71 Å². The smallest absolute Gasteiger partial charge is 0.0938 e. The van der Waals surface area contributed by atoms with Crippen LogP contribution in [0.4, 0.5) is 0 Å². The second-order valence-electron chi connectivity index (χ2n) is 7.92. The normalized spacial score (nSPS) is 31.4. The van der Waals surface area contributed by atoms with Crippen molar-refractivity contribution in [3.8, 4) is 0 Å². The molecule has 1 atom stereocenters. The van der Waals surface area contributed by atoms with Crippen molar-refractivity contribution in [2.24, 2.45) is 0 Å². The van der Waals surface area contributed by atoms with Crippen molar-refractivity contribution in [3.05, 3.63) is 11.3 Å². The Bertz CT molecular complexity index is 294. The first-order chi connectivity index (χ1) is 8.39. The van der Waals surface area contributed by atoms with Crippen LogP contribution < -0.4 is 0 Å². The van der Waals surface area contributed by atoms with Gasteiger partial charge < -0.3 is 0 Å². The second-order valence-corrected chi connectivity index (χ2v) is 13.2. The zero-order chi connectivity index (χ0) is 13.3. The Labute approximate surface area is 116 Å². The standard InChI is InChI=1S/C16H31BSi/c1-13(12-14(2)18(3,4)5)17-15-8-6-9-16(17)11-7-10-15/h12-13,15-16H,6-11H2,1-5H3/b14-12+. The Balaban J connectivity index is 2.10. The van der Waals surface area contributed by atoms with Crippen molar-refractivity contribution >= 4 is 14.8 Å². The Morgan fingerprint density at radius 3 is 1.89 bits per heavy atom. The monoisotopic (exact) mass is 262 g/mol. The zero-order valence-electron chi connectivity index (χ0n) is 13.1. The van der Waals surface area contributed by atoms with Crippen molar-refractivity contribution in [1.82, 2.24) is 0 Å². The minimum Gasteiger partial charge on any atom is -0.0938 e. The highest BCUT2D eigenvalue weighted by atomic mass is 28.3. The molecule has 102 valence electrons. The molecule has 2 bridgehead atoms. The van der Waals surface area contributed by atoms with Crippen LogP contribution in [-0.4, -0.2) is 14.8 Å². The fourth-order valence-electron chi connectivity index (χ4n) is 4.34. The van der Waals surface area contributed by atoms with E-state index in [1.165, 1.54) is 38.5 Å². The van der Waals surface area contributed by atoms with Gasteiger partial charge in [-0.3, -0.25) is 0 Å². The minimum atomic E-state index is -1.06. The highest BCUT2D eigenvalue weighted by Gasteiger charge is 2.41. The molecular weight excluding hydrogens is 231 g/mol. The Hall–Kier alpha value is 0.0218. The molecule has 2 heterocycles. The number of rotatable bonds is 3. The third-order valence-corrected chi connectivity index (χ3v) is 8.22. The van der Waals surface area contributed by atoms with E-state index in [1.807, 2.05) is 0 Å². The summed E-state index contributed by atoms with van der Waals surface area (Å²) < 4.78 is 0. The van der Waals surface area contributed by atoms with Gasteiger partial charge in [-0.1, -0.05) is 88.0 Å². The summed E-state index contributed by atoms with van der Waals surface area (Å²) in [5, 5.41) is 1.72. The molecule has 0 spiro atoms. The van der Waals surface area contributed by atoms with E-state index in [0.29, 0.717) is 0 Å². The summed E-state index contributed by atoms with van der Waals surface area (Å²) in [6.45, 7) is 13.3. The largest absolute Gasteiger partial charge is 0.153 e. The maximum absolute atomic E-state index is 2.66. The first-order valence-corrected chi connectivity index (χ1v) is 11.6. The second kappa shape index (κ2) is 5.56. The van der Waals surface area contributed by atoms with Crippen LogP contribution in [-0.2, 0) is 0 Å². The van der Waals surface area contributed by atoms with Crippen LogP contribution in [0.15, 0.2) is 11.3 Å². The van der Waals surface area contributed by atoms with Gasteiger partial charge in [-0.15, -0.1) is 0 Å². The van der Waals surface area contributed by atoms with Gasteiger partial charge in [0.1, 0.15) is 0 Å². The first-order valence-electron chi connectivity index (χ1n) is 8.08. The molecule has 2 rings (SSSR count). The summed E-state index contributed by atoms with van der Waals surface area (Å²) in [6.07, 6.45) is 11.8. The molecule has 2 aliphatic rings. The van der Waals surface area contributed by atoms with Crippen LogP contribution in [0.25, 0.3) is 0 Å². The molecular formula is C16H31BSi. The predicted octanol–water partition coefficient (Wildman–Crippen LogP) is 5.80. The van der Waals surface area contributed by atoms with E-state index in [2.05, 4.69) is 39.6 Å². The van der Waals surface area contributed by atoms with Crippen molar-refractivity contribution in [1.29, 1.82) is 0 Å². The summed E-state index contributed by atoms with van der Waals surface area (Å²) >= 11 is 0. The molecule has 0 radical (unpaired) electrons. The SMILES string of the molecule is C/C(=C\C(C)B1C2CCCC1CCC2)[Si](C)(C)C. The maximum atomic E-state index is 2.66. The molecule has 0 nitrogen and oxygen atoms in total. The lowest BCUT2D eigenvalue weighted by Gasteiger charge is -2.43. The van der Waals surface area contributed by atoms with Crippen LogP contribution in [0, 0.1) is 0 Å². The molecule has 0 aromatic heterocycles. The molecule has 0 saturated carbocycles. The number of fused-ring (bicyclic) bond motifs is 2. The summed E-state index contributed by atoms with van der Waals surface area (Å²) in [6, 6.07) is 0. The highest BCUT2D eigenvalue weighted by molar-refractivity contribution is 6.83. The summed E-state index contributed by atoms with van der Waals surface area (Å²) in [5.41, 5.74) is 0. The quantitative estimate of drug-likeness (QED) is 0.563. The number of hydrogen-bond acceptors (Lipinski definition) is 0. The van der Waals surface area contributed by atoms with E-state index in [9.17, 15) is 0 Å². The van der Waals surface area contributed by atoms with Gasteiger partial charge in [0, 0.05) is 0 Å². The topological polar surface area (TPSA) is 0 Å². The van der Waals surface area contributed by atoms with Gasteiger partial charge in [0.25, 0.3) is 0 Å². The Kier molecular flexibility index (Phi) is 4.46. The third-order valence-electron chi connectivity index (χ3n) is 5.69. The molecule has 2 fully saturated rings. The molecule has 0 aromatic carbocycles. The van der Waals surface area contributed by atoms with Gasteiger partial charge in [0.2, 0.25) is 0 Å². The third kappa shape index (κ3) is 3.12. The number of allylic oxidation sites excluding steroid dienone is 2. The predicted molar refractivity (Wildman–Crippen MR) is 87.5 cm³/mol. The van der Waals surface area contributed by atoms with E-state index < -0.39 is 8.07 Å². The highest BCUT2D eigenvalue weighted by Crippen LogP contribution is 2.50. The zero-order valence-corrected chi connectivity index (χ0v) is 14.1. The van der Waals surface area contributed by atoms with Crippen LogP contribution in [0.2, 0.25) is 37.1 Å². The van der Waals surface area contributed by atoms with Crippen molar-refractivity contribution < 1.29 is 0 Å². The number of hydrogen-bond donors (Lipinski definition) is 0. The van der Waals surface area contributed by atoms with Crippen LogP contribution in [0.3, 0.4) is 0 Å². The molecule has 0 aliphatic carbocycles. The Morgan fingerprint density at radius 2 is 1.50 bits per heavy atom. The Morgan fingerprint density at radius 1 is 1.06 bits per heavy atom. The molecule has 1 unspecified atom stereocenters. The fourth-order valence-corrected chi connectivity index (χ4v) is 5.10. The first kappa shape index (κ1) is 14.4. The van der Waals surface area contributed by atoms with Crippen molar-refractivity contribution in [3.63, 3.8) is 0 Å². The van der Waals surface area contributed by atoms with Gasteiger partial charge in [-0.05, 0) is 12.7 Å². The molecule has 18 heavy (non-hydrogen) atoms. The average molecular weight is 262 g/mol. The lowest BCUT2D eigenvalue weighted by molar-refractivity contribution is 0.438. The lowest BCUT2D eigenvalue weighted by Crippen LogP contribution is -2.37.